The lowest BCUT2D eigenvalue weighted by atomic mass is 9.94. The summed E-state index contributed by atoms with van der Waals surface area (Å²) in [6.45, 7) is 1.36. The lowest BCUT2D eigenvalue weighted by Crippen LogP contribution is -2.38. The van der Waals surface area contributed by atoms with E-state index in [9.17, 15) is 4.79 Å². The molecule has 2 fully saturated rings. The van der Waals surface area contributed by atoms with E-state index in [0.29, 0.717) is 24.0 Å². The van der Waals surface area contributed by atoms with Gasteiger partial charge in [-0.3, -0.25) is 4.79 Å². The number of rotatable bonds is 5. The third-order valence-corrected chi connectivity index (χ3v) is 6.50. The van der Waals surface area contributed by atoms with Crippen molar-refractivity contribution in [3.8, 4) is 23.0 Å². The summed E-state index contributed by atoms with van der Waals surface area (Å²) < 4.78 is 7.22. The van der Waals surface area contributed by atoms with Gasteiger partial charge >= 0.3 is 0 Å². The Balaban J connectivity index is 1.16. The van der Waals surface area contributed by atoms with E-state index in [1.54, 1.807) is 0 Å². The van der Waals surface area contributed by atoms with Crippen molar-refractivity contribution in [3.05, 3.63) is 72.4 Å². The number of hydrogen-bond acceptors (Lipinski definition) is 6. The van der Waals surface area contributed by atoms with Crippen LogP contribution in [0.3, 0.4) is 0 Å². The van der Waals surface area contributed by atoms with Gasteiger partial charge in [0.2, 0.25) is 11.7 Å². The van der Waals surface area contributed by atoms with Crippen LogP contribution in [0.4, 0.5) is 0 Å². The highest BCUT2D eigenvalue weighted by Crippen LogP contribution is 2.50. The van der Waals surface area contributed by atoms with Crippen LogP contribution in [0.15, 0.2) is 71.4 Å². The Morgan fingerprint density at radius 3 is 2.53 bits per heavy atom. The molecule has 1 saturated carbocycles. The van der Waals surface area contributed by atoms with Gasteiger partial charge in [-0.1, -0.05) is 71.0 Å². The predicted molar refractivity (Wildman–Crippen MR) is 116 cm³/mol. The van der Waals surface area contributed by atoms with Crippen molar-refractivity contribution in [3.63, 3.8) is 0 Å². The van der Waals surface area contributed by atoms with Gasteiger partial charge in [-0.2, -0.15) is 4.98 Å². The van der Waals surface area contributed by atoms with Crippen LogP contribution in [0, 0.1) is 0 Å². The van der Waals surface area contributed by atoms with Crippen LogP contribution >= 0.6 is 0 Å². The van der Waals surface area contributed by atoms with Crippen molar-refractivity contribution in [2.45, 2.75) is 30.7 Å². The van der Waals surface area contributed by atoms with Crippen molar-refractivity contribution in [1.82, 2.24) is 30.0 Å². The molecule has 160 valence electrons. The Hall–Kier alpha value is -3.81. The van der Waals surface area contributed by atoms with Gasteiger partial charge in [0.05, 0.1) is 17.7 Å². The van der Waals surface area contributed by atoms with Gasteiger partial charge in [-0.25, -0.2) is 4.68 Å². The summed E-state index contributed by atoms with van der Waals surface area (Å²) >= 11 is 0. The van der Waals surface area contributed by atoms with Gasteiger partial charge in [0.1, 0.15) is 0 Å². The van der Waals surface area contributed by atoms with Crippen molar-refractivity contribution in [2.24, 2.45) is 0 Å². The molecule has 2 aromatic heterocycles. The second-order valence-electron chi connectivity index (χ2n) is 8.51. The molecular weight excluding hydrogens is 404 g/mol. The summed E-state index contributed by atoms with van der Waals surface area (Å²) in [5, 5.41) is 12.6. The lowest BCUT2D eigenvalue weighted by molar-refractivity contribution is -0.133. The molecule has 0 radical (unpaired) electrons. The maximum Gasteiger partial charge on any atom is 0.280 e. The van der Waals surface area contributed by atoms with Crippen LogP contribution in [0.2, 0.25) is 0 Å². The summed E-state index contributed by atoms with van der Waals surface area (Å²) in [5.74, 6) is 1.08. The molecule has 2 aliphatic rings. The monoisotopic (exact) mass is 426 g/mol. The number of amides is 1. The quantitative estimate of drug-likeness (QED) is 0.485. The number of likely N-dealkylation sites (tertiary alicyclic amines) is 1. The Labute approximate surface area is 184 Å². The highest BCUT2D eigenvalue weighted by molar-refractivity contribution is 5.91. The van der Waals surface area contributed by atoms with Crippen molar-refractivity contribution in [1.29, 1.82) is 0 Å². The maximum absolute atomic E-state index is 13.3. The number of carbonyl (C=O) groups excluding carboxylic acids is 1. The van der Waals surface area contributed by atoms with E-state index >= 15 is 0 Å². The molecule has 0 N–H and O–H groups in total. The largest absolute Gasteiger partial charge is 0.340 e. The van der Waals surface area contributed by atoms with E-state index in [1.165, 1.54) is 0 Å². The van der Waals surface area contributed by atoms with Crippen molar-refractivity contribution in [2.75, 3.05) is 13.1 Å². The van der Waals surface area contributed by atoms with E-state index in [1.807, 2.05) is 64.3 Å². The van der Waals surface area contributed by atoms with Gasteiger partial charge < -0.3 is 9.42 Å². The Morgan fingerprint density at radius 2 is 1.78 bits per heavy atom. The highest BCUT2D eigenvalue weighted by Gasteiger charge is 2.53. The number of aromatic nitrogens is 5. The Kier molecular flexibility index (Phi) is 4.38. The van der Waals surface area contributed by atoms with E-state index in [2.05, 4.69) is 32.6 Å². The normalized spacial score (nSPS) is 19.2. The molecule has 1 aliphatic heterocycles. The first-order chi connectivity index (χ1) is 15.7. The molecular formula is C24H22N6O2. The van der Waals surface area contributed by atoms with E-state index < -0.39 is 0 Å². The minimum absolute atomic E-state index is 0.0864. The predicted octanol–water partition coefficient (Wildman–Crippen LogP) is 3.50. The standard InChI is InChI=1S/C24H22N6O2/c31-23(24(12-13-24)18-9-5-2-6-10-18)29-14-11-19(15-29)30-16-20(26-28-30)22-25-21(27-32-22)17-7-3-1-4-8-17/h1-10,16,19H,11-15H2. The number of carbonyl (C=O) groups is 1. The third-order valence-electron chi connectivity index (χ3n) is 6.50. The minimum atomic E-state index is -0.332. The minimum Gasteiger partial charge on any atom is -0.340 e. The first-order valence-corrected chi connectivity index (χ1v) is 10.9. The SMILES string of the molecule is O=C(N1CCC(n2cc(-c3nc(-c4ccccc4)no3)nn2)C1)C1(c2ccccc2)CC1. The second-order valence-corrected chi connectivity index (χ2v) is 8.51. The average Bonchev–Trinajstić information content (AvgIpc) is 3.24. The van der Waals surface area contributed by atoms with Gasteiger partial charge in [0.25, 0.3) is 5.89 Å². The summed E-state index contributed by atoms with van der Waals surface area (Å²) in [6, 6.07) is 19.9. The fraction of sp³-hybridized carbons (Fsp3) is 0.292. The smallest absolute Gasteiger partial charge is 0.280 e. The first kappa shape index (κ1) is 18.9. The zero-order valence-electron chi connectivity index (χ0n) is 17.5. The van der Waals surface area contributed by atoms with Gasteiger partial charge in [0.15, 0.2) is 5.69 Å². The number of benzene rings is 2. The molecule has 2 aromatic carbocycles. The van der Waals surface area contributed by atoms with Crippen LogP contribution in [-0.4, -0.2) is 49.0 Å². The molecule has 1 amide bonds. The molecule has 0 spiro atoms. The van der Waals surface area contributed by atoms with Gasteiger partial charge in [-0.15, -0.1) is 5.10 Å². The molecule has 3 heterocycles. The fourth-order valence-corrected chi connectivity index (χ4v) is 4.54. The summed E-state index contributed by atoms with van der Waals surface area (Å²) in [7, 11) is 0. The van der Waals surface area contributed by atoms with Crippen molar-refractivity contribution < 1.29 is 9.32 Å². The molecule has 4 aromatic rings. The van der Waals surface area contributed by atoms with Crippen LogP contribution in [0.25, 0.3) is 23.0 Å². The summed E-state index contributed by atoms with van der Waals surface area (Å²) in [4.78, 5) is 19.7. The number of nitrogens with zero attached hydrogens (tertiary/aromatic N) is 6. The molecule has 1 atom stereocenters. The van der Waals surface area contributed by atoms with E-state index in [-0.39, 0.29) is 17.4 Å². The summed E-state index contributed by atoms with van der Waals surface area (Å²) in [6.07, 6.45) is 4.51. The van der Waals surface area contributed by atoms with E-state index in [0.717, 1.165) is 36.9 Å². The maximum atomic E-state index is 13.3. The Morgan fingerprint density at radius 1 is 1.03 bits per heavy atom. The zero-order chi connectivity index (χ0) is 21.5. The molecule has 32 heavy (non-hydrogen) atoms. The molecule has 1 unspecified atom stereocenters. The lowest BCUT2D eigenvalue weighted by Gasteiger charge is -2.23. The number of hydrogen-bond donors (Lipinski definition) is 0. The van der Waals surface area contributed by atoms with Crippen molar-refractivity contribution >= 4 is 5.91 Å². The van der Waals surface area contributed by atoms with E-state index in [4.69, 9.17) is 4.52 Å². The summed E-state index contributed by atoms with van der Waals surface area (Å²) in [5.41, 5.74) is 2.21. The first-order valence-electron chi connectivity index (χ1n) is 10.9. The van der Waals surface area contributed by atoms with Crippen LogP contribution < -0.4 is 0 Å². The molecule has 0 bridgehead atoms. The van der Waals surface area contributed by atoms with Gasteiger partial charge in [0, 0.05) is 18.7 Å². The fourth-order valence-electron chi connectivity index (χ4n) is 4.54. The van der Waals surface area contributed by atoms with Crippen LogP contribution in [0.5, 0.6) is 0 Å². The zero-order valence-corrected chi connectivity index (χ0v) is 17.5. The van der Waals surface area contributed by atoms with Crippen LogP contribution in [-0.2, 0) is 10.2 Å². The molecule has 8 nitrogen and oxygen atoms in total. The molecule has 1 saturated heterocycles. The molecule has 1 aliphatic carbocycles. The molecule has 8 heteroatoms. The average molecular weight is 426 g/mol. The third kappa shape index (κ3) is 3.19. The second kappa shape index (κ2) is 7.40. The van der Waals surface area contributed by atoms with Crippen LogP contribution in [0.1, 0.15) is 30.9 Å². The highest BCUT2D eigenvalue weighted by atomic mass is 16.5. The Bertz CT molecular complexity index is 1250. The topological polar surface area (TPSA) is 89.9 Å². The molecule has 6 rings (SSSR count). The van der Waals surface area contributed by atoms with Gasteiger partial charge in [-0.05, 0) is 24.8 Å².